The molecule has 0 saturated carbocycles. The van der Waals surface area contributed by atoms with Gasteiger partial charge in [0, 0.05) is 17.6 Å². The van der Waals surface area contributed by atoms with Crippen LogP contribution in [-0.4, -0.2) is 28.0 Å². The first-order valence-electron chi connectivity index (χ1n) is 6.40. The predicted molar refractivity (Wildman–Crippen MR) is 79.9 cm³/mol. The van der Waals surface area contributed by atoms with E-state index in [4.69, 9.17) is 10.5 Å². The molecule has 0 atom stereocenters. The smallest absolute Gasteiger partial charge is 0.328 e. The lowest BCUT2D eigenvalue weighted by Gasteiger charge is -2.15. The Morgan fingerprint density at radius 2 is 1.95 bits per heavy atom. The minimum atomic E-state index is 0.173. The molecule has 0 unspecified atom stereocenters. The molecule has 1 aromatic carbocycles. The van der Waals surface area contributed by atoms with E-state index < -0.39 is 0 Å². The summed E-state index contributed by atoms with van der Waals surface area (Å²) in [5.74, 6) is 1.41. The molecule has 6 nitrogen and oxygen atoms in total. The van der Waals surface area contributed by atoms with Crippen molar-refractivity contribution in [2.24, 2.45) is 0 Å². The average molecular weight is 336 g/mol. The Kier molecular flexibility index (Phi) is 3.68. The molecule has 1 aliphatic heterocycles. The second-order valence-electron chi connectivity index (χ2n) is 4.53. The fourth-order valence-electron chi connectivity index (χ4n) is 2.10. The van der Waals surface area contributed by atoms with Crippen molar-refractivity contribution in [2.75, 3.05) is 23.7 Å². The van der Waals surface area contributed by atoms with Crippen molar-refractivity contribution in [3.63, 3.8) is 0 Å². The molecule has 7 heteroatoms. The van der Waals surface area contributed by atoms with Gasteiger partial charge in [0.1, 0.15) is 5.75 Å². The molecule has 2 aromatic rings. The zero-order chi connectivity index (χ0) is 13.9. The highest BCUT2D eigenvalue weighted by molar-refractivity contribution is 9.10. The highest BCUT2D eigenvalue weighted by Crippen LogP contribution is 2.24. The summed E-state index contributed by atoms with van der Waals surface area (Å²) in [5.41, 5.74) is 5.73. The molecule has 3 rings (SSSR count). The number of ether oxygens (including phenoxy) is 1. The second kappa shape index (κ2) is 5.62. The number of hydrogen-bond donors (Lipinski definition) is 1. The summed E-state index contributed by atoms with van der Waals surface area (Å²) >= 11 is 3.39. The second-order valence-corrected chi connectivity index (χ2v) is 5.45. The SMILES string of the molecule is Nc1nc(Oc2cccc(Br)c2)nc(N2CCCC2)n1. The van der Waals surface area contributed by atoms with Crippen LogP contribution in [0.3, 0.4) is 0 Å². The Hall–Kier alpha value is -1.89. The normalized spacial score (nSPS) is 14.6. The summed E-state index contributed by atoms with van der Waals surface area (Å²) in [4.78, 5) is 14.6. The van der Waals surface area contributed by atoms with E-state index in [1.54, 1.807) is 0 Å². The van der Waals surface area contributed by atoms with Gasteiger partial charge in [-0.2, -0.15) is 15.0 Å². The maximum Gasteiger partial charge on any atom is 0.328 e. The molecule has 104 valence electrons. The molecular formula is C13H14BrN5O. The fraction of sp³-hybridized carbons (Fsp3) is 0.308. The van der Waals surface area contributed by atoms with Crippen LogP contribution in [0.25, 0.3) is 0 Å². The van der Waals surface area contributed by atoms with Gasteiger partial charge in [0.05, 0.1) is 0 Å². The number of rotatable bonds is 3. The van der Waals surface area contributed by atoms with Gasteiger partial charge in [-0.1, -0.05) is 22.0 Å². The summed E-state index contributed by atoms with van der Waals surface area (Å²) in [7, 11) is 0. The average Bonchev–Trinajstić information content (AvgIpc) is 2.91. The summed E-state index contributed by atoms with van der Waals surface area (Å²) in [5, 5.41) is 0. The maximum atomic E-state index is 5.73. The third-order valence-corrected chi connectivity index (χ3v) is 3.51. The van der Waals surface area contributed by atoms with E-state index >= 15 is 0 Å². The van der Waals surface area contributed by atoms with Crippen molar-refractivity contribution in [3.8, 4) is 11.8 Å². The summed E-state index contributed by atoms with van der Waals surface area (Å²) in [6.07, 6.45) is 2.29. The first kappa shape index (κ1) is 13.1. The van der Waals surface area contributed by atoms with Crippen LogP contribution in [0, 0.1) is 0 Å². The van der Waals surface area contributed by atoms with Crippen LogP contribution in [0.5, 0.6) is 11.8 Å². The lowest BCUT2D eigenvalue weighted by atomic mass is 10.3. The zero-order valence-electron chi connectivity index (χ0n) is 10.8. The molecular weight excluding hydrogens is 322 g/mol. The van der Waals surface area contributed by atoms with Gasteiger partial charge >= 0.3 is 6.01 Å². The van der Waals surface area contributed by atoms with Crippen molar-refractivity contribution >= 4 is 27.8 Å². The van der Waals surface area contributed by atoms with Gasteiger partial charge in [0.25, 0.3) is 0 Å². The topological polar surface area (TPSA) is 77.2 Å². The maximum absolute atomic E-state index is 5.73. The van der Waals surface area contributed by atoms with Crippen LogP contribution in [0.15, 0.2) is 28.7 Å². The largest absolute Gasteiger partial charge is 0.424 e. The van der Waals surface area contributed by atoms with Gasteiger partial charge in [-0.05, 0) is 31.0 Å². The number of benzene rings is 1. The molecule has 0 radical (unpaired) electrons. The Balaban J connectivity index is 1.85. The van der Waals surface area contributed by atoms with E-state index in [2.05, 4.69) is 35.8 Å². The van der Waals surface area contributed by atoms with E-state index in [0.29, 0.717) is 11.7 Å². The number of aromatic nitrogens is 3. The third-order valence-electron chi connectivity index (χ3n) is 3.01. The Morgan fingerprint density at radius 1 is 1.15 bits per heavy atom. The zero-order valence-corrected chi connectivity index (χ0v) is 12.4. The number of nitrogen functional groups attached to an aromatic ring is 1. The van der Waals surface area contributed by atoms with Gasteiger partial charge in [0.2, 0.25) is 11.9 Å². The number of nitrogens with zero attached hydrogens (tertiary/aromatic N) is 4. The van der Waals surface area contributed by atoms with Crippen molar-refractivity contribution in [1.29, 1.82) is 0 Å². The van der Waals surface area contributed by atoms with Crippen LogP contribution in [0.4, 0.5) is 11.9 Å². The molecule has 1 aromatic heterocycles. The first-order valence-corrected chi connectivity index (χ1v) is 7.20. The number of hydrogen-bond acceptors (Lipinski definition) is 6. The molecule has 0 amide bonds. The van der Waals surface area contributed by atoms with Crippen LogP contribution in [0.1, 0.15) is 12.8 Å². The quantitative estimate of drug-likeness (QED) is 0.928. The third kappa shape index (κ3) is 2.98. The van der Waals surface area contributed by atoms with E-state index in [1.807, 2.05) is 24.3 Å². The lowest BCUT2D eigenvalue weighted by Crippen LogP contribution is -2.21. The summed E-state index contributed by atoms with van der Waals surface area (Å²) in [6.45, 7) is 1.89. The minimum absolute atomic E-state index is 0.173. The molecule has 0 spiro atoms. The van der Waals surface area contributed by atoms with Crippen molar-refractivity contribution in [3.05, 3.63) is 28.7 Å². The fourth-order valence-corrected chi connectivity index (χ4v) is 2.48. The van der Waals surface area contributed by atoms with E-state index in [0.717, 1.165) is 30.4 Å². The van der Waals surface area contributed by atoms with Crippen molar-refractivity contribution < 1.29 is 4.74 Å². The highest BCUT2D eigenvalue weighted by atomic mass is 79.9. The standard InChI is InChI=1S/C13H14BrN5O/c14-9-4-3-5-10(8-9)20-13-17-11(15)16-12(18-13)19-6-1-2-7-19/h3-5,8H,1-2,6-7H2,(H2,15,16,17,18). The number of anilines is 2. The van der Waals surface area contributed by atoms with Crippen LogP contribution in [0.2, 0.25) is 0 Å². The Bertz CT molecular complexity index is 615. The van der Waals surface area contributed by atoms with E-state index in [9.17, 15) is 0 Å². The van der Waals surface area contributed by atoms with Crippen LogP contribution in [-0.2, 0) is 0 Å². The van der Waals surface area contributed by atoms with Gasteiger partial charge in [-0.25, -0.2) is 0 Å². The molecule has 1 fully saturated rings. The molecule has 2 heterocycles. The Morgan fingerprint density at radius 3 is 2.70 bits per heavy atom. The van der Waals surface area contributed by atoms with E-state index in [-0.39, 0.29) is 12.0 Å². The summed E-state index contributed by atoms with van der Waals surface area (Å²) in [6, 6.07) is 7.70. The molecule has 1 saturated heterocycles. The predicted octanol–water partition coefficient (Wildman–Crippen LogP) is 2.61. The monoisotopic (exact) mass is 335 g/mol. The number of nitrogens with two attached hydrogens (primary N) is 1. The Labute approximate surface area is 125 Å². The number of halogens is 1. The molecule has 2 N–H and O–H groups in total. The lowest BCUT2D eigenvalue weighted by molar-refractivity contribution is 0.440. The highest BCUT2D eigenvalue weighted by Gasteiger charge is 2.17. The van der Waals surface area contributed by atoms with Crippen molar-refractivity contribution in [1.82, 2.24) is 15.0 Å². The molecule has 0 aliphatic carbocycles. The molecule has 0 bridgehead atoms. The van der Waals surface area contributed by atoms with Gasteiger partial charge in [-0.3, -0.25) is 0 Å². The molecule has 20 heavy (non-hydrogen) atoms. The van der Waals surface area contributed by atoms with Crippen molar-refractivity contribution in [2.45, 2.75) is 12.8 Å². The van der Waals surface area contributed by atoms with E-state index in [1.165, 1.54) is 0 Å². The minimum Gasteiger partial charge on any atom is -0.424 e. The van der Waals surface area contributed by atoms with Crippen LogP contribution < -0.4 is 15.4 Å². The first-order chi connectivity index (χ1) is 9.70. The summed E-state index contributed by atoms with van der Waals surface area (Å²) < 4.78 is 6.57. The van der Waals surface area contributed by atoms with Gasteiger partial charge in [-0.15, -0.1) is 0 Å². The van der Waals surface area contributed by atoms with Gasteiger partial charge in [0.15, 0.2) is 0 Å². The van der Waals surface area contributed by atoms with Gasteiger partial charge < -0.3 is 15.4 Å². The van der Waals surface area contributed by atoms with Crippen LogP contribution >= 0.6 is 15.9 Å². The molecule has 1 aliphatic rings.